The van der Waals surface area contributed by atoms with E-state index in [1.807, 2.05) is 0 Å². The average molecular weight is 244 g/mol. The van der Waals surface area contributed by atoms with Gasteiger partial charge in [-0.05, 0) is 12.8 Å². The number of carbonyl (C=O) groups is 3. The monoisotopic (exact) mass is 244 g/mol. The van der Waals surface area contributed by atoms with Crippen molar-refractivity contribution in [2.24, 2.45) is 0 Å². The third-order valence-corrected chi connectivity index (χ3v) is 2.38. The van der Waals surface area contributed by atoms with Gasteiger partial charge in [-0.15, -0.1) is 0 Å². The summed E-state index contributed by atoms with van der Waals surface area (Å²) in [5.74, 6) is -1.65. The molecular weight excluding hydrogens is 228 g/mol. The zero-order valence-electron chi connectivity index (χ0n) is 9.40. The predicted molar refractivity (Wildman–Crippen MR) is 57.4 cm³/mol. The van der Waals surface area contributed by atoms with E-state index in [2.05, 4.69) is 10.6 Å². The molecule has 0 aliphatic carbocycles. The zero-order chi connectivity index (χ0) is 12.7. The van der Waals surface area contributed by atoms with Crippen LogP contribution in [0.2, 0.25) is 0 Å². The van der Waals surface area contributed by atoms with Crippen molar-refractivity contribution in [3.05, 3.63) is 0 Å². The first kappa shape index (κ1) is 13.4. The van der Waals surface area contributed by atoms with Gasteiger partial charge in [-0.25, -0.2) is 4.79 Å². The van der Waals surface area contributed by atoms with E-state index in [4.69, 9.17) is 9.84 Å². The number of carbonyl (C=O) groups excluding carboxylic acids is 2. The van der Waals surface area contributed by atoms with Crippen LogP contribution in [0.15, 0.2) is 0 Å². The highest BCUT2D eigenvalue weighted by atomic mass is 16.5. The summed E-state index contributed by atoms with van der Waals surface area (Å²) in [5.41, 5.74) is 0. The van der Waals surface area contributed by atoms with E-state index in [1.165, 1.54) is 0 Å². The molecule has 0 saturated carbocycles. The van der Waals surface area contributed by atoms with Crippen LogP contribution in [-0.4, -0.2) is 42.3 Å². The Hall–Kier alpha value is -1.63. The van der Waals surface area contributed by atoms with Crippen LogP contribution in [-0.2, 0) is 14.3 Å². The smallest absolute Gasteiger partial charge is 0.321 e. The van der Waals surface area contributed by atoms with E-state index in [1.54, 1.807) is 0 Å². The van der Waals surface area contributed by atoms with Crippen LogP contribution in [0.1, 0.15) is 25.7 Å². The Morgan fingerprint density at radius 3 is 2.41 bits per heavy atom. The van der Waals surface area contributed by atoms with Crippen molar-refractivity contribution in [2.75, 3.05) is 13.2 Å². The molecule has 1 fully saturated rings. The number of rotatable bonds is 4. The van der Waals surface area contributed by atoms with Crippen LogP contribution in [0, 0.1) is 0 Å². The van der Waals surface area contributed by atoms with Crippen LogP contribution >= 0.6 is 0 Å². The SMILES string of the molecule is O=C(O)CCC(=O)NC(=O)NC1CCOCC1. The van der Waals surface area contributed by atoms with Crippen molar-refractivity contribution < 1.29 is 24.2 Å². The van der Waals surface area contributed by atoms with Crippen molar-refractivity contribution in [2.45, 2.75) is 31.7 Å². The molecule has 3 N–H and O–H groups in total. The molecule has 0 aromatic heterocycles. The Morgan fingerprint density at radius 1 is 1.18 bits per heavy atom. The van der Waals surface area contributed by atoms with E-state index in [0.29, 0.717) is 13.2 Å². The lowest BCUT2D eigenvalue weighted by atomic mass is 10.1. The number of hydrogen-bond donors (Lipinski definition) is 3. The summed E-state index contributed by atoms with van der Waals surface area (Å²) in [7, 11) is 0. The second kappa shape index (κ2) is 6.85. The fraction of sp³-hybridized carbons (Fsp3) is 0.700. The number of amides is 3. The molecule has 0 aromatic carbocycles. The van der Waals surface area contributed by atoms with Gasteiger partial charge in [0.15, 0.2) is 0 Å². The minimum Gasteiger partial charge on any atom is -0.481 e. The molecule has 1 rings (SSSR count). The van der Waals surface area contributed by atoms with Gasteiger partial charge in [0.1, 0.15) is 0 Å². The molecule has 96 valence electrons. The number of urea groups is 1. The molecule has 17 heavy (non-hydrogen) atoms. The molecule has 0 bridgehead atoms. The third kappa shape index (κ3) is 5.86. The summed E-state index contributed by atoms with van der Waals surface area (Å²) < 4.78 is 5.12. The van der Waals surface area contributed by atoms with Crippen molar-refractivity contribution in [3.8, 4) is 0 Å². The summed E-state index contributed by atoms with van der Waals surface area (Å²) >= 11 is 0. The van der Waals surface area contributed by atoms with Crippen molar-refractivity contribution in [1.82, 2.24) is 10.6 Å². The van der Waals surface area contributed by atoms with E-state index in [0.717, 1.165) is 12.8 Å². The summed E-state index contributed by atoms with van der Waals surface area (Å²) in [6.45, 7) is 1.19. The minimum absolute atomic E-state index is 0.0102. The second-order valence-electron chi connectivity index (χ2n) is 3.80. The first-order valence-electron chi connectivity index (χ1n) is 5.48. The molecule has 0 aromatic rings. The van der Waals surface area contributed by atoms with Crippen molar-refractivity contribution in [3.63, 3.8) is 0 Å². The molecule has 0 radical (unpaired) electrons. The Labute approximate surface area is 98.5 Å². The average Bonchev–Trinajstić information content (AvgIpc) is 2.27. The summed E-state index contributed by atoms with van der Waals surface area (Å²) in [6.07, 6.45) is 0.959. The first-order valence-corrected chi connectivity index (χ1v) is 5.48. The van der Waals surface area contributed by atoms with Crippen LogP contribution in [0.3, 0.4) is 0 Å². The number of carboxylic acids is 1. The highest BCUT2D eigenvalue weighted by Crippen LogP contribution is 2.05. The van der Waals surface area contributed by atoms with Gasteiger partial charge in [0.25, 0.3) is 0 Å². The molecule has 1 heterocycles. The number of aliphatic carboxylic acids is 1. The lowest BCUT2D eigenvalue weighted by Gasteiger charge is -2.22. The number of carboxylic acid groups (broad SMARTS) is 1. The maximum atomic E-state index is 11.3. The summed E-state index contributed by atoms with van der Waals surface area (Å²) in [5, 5.41) is 13.1. The molecule has 1 saturated heterocycles. The van der Waals surface area contributed by atoms with Crippen LogP contribution in [0.5, 0.6) is 0 Å². The fourth-order valence-electron chi connectivity index (χ4n) is 1.47. The normalized spacial score (nSPS) is 16.2. The maximum Gasteiger partial charge on any atom is 0.321 e. The molecule has 7 heteroatoms. The number of hydrogen-bond acceptors (Lipinski definition) is 4. The Bertz CT molecular complexity index is 299. The first-order chi connectivity index (χ1) is 8.08. The molecule has 3 amide bonds. The maximum absolute atomic E-state index is 11.3. The Balaban J connectivity index is 2.19. The Morgan fingerprint density at radius 2 is 1.82 bits per heavy atom. The highest BCUT2D eigenvalue weighted by molar-refractivity contribution is 5.95. The summed E-state index contributed by atoms with van der Waals surface area (Å²) in [6, 6.07) is -0.566. The molecule has 1 aliphatic heterocycles. The second-order valence-corrected chi connectivity index (χ2v) is 3.80. The number of nitrogens with one attached hydrogen (secondary N) is 2. The fourth-order valence-corrected chi connectivity index (χ4v) is 1.47. The quantitative estimate of drug-likeness (QED) is 0.638. The van der Waals surface area contributed by atoms with Gasteiger partial charge in [0.05, 0.1) is 6.42 Å². The zero-order valence-corrected chi connectivity index (χ0v) is 9.40. The van der Waals surface area contributed by atoms with Crippen LogP contribution in [0.25, 0.3) is 0 Å². The Kier molecular flexibility index (Phi) is 5.41. The van der Waals surface area contributed by atoms with Crippen molar-refractivity contribution >= 4 is 17.9 Å². The van der Waals surface area contributed by atoms with Crippen LogP contribution < -0.4 is 10.6 Å². The standard InChI is InChI=1S/C10H16N2O5/c13-8(1-2-9(14)15)12-10(16)11-7-3-5-17-6-4-7/h7H,1-6H2,(H,14,15)(H2,11,12,13,16). The van der Waals surface area contributed by atoms with Gasteiger partial charge in [-0.2, -0.15) is 0 Å². The van der Waals surface area contributed by atoms with E-state index < -0.39 is 17.9 Å². The van der Waals surface area contributed by atoms with Gasteiger partial charge in [-0.1, -0.05) is 0 Å². The molecule has 7 nitrogen and oxygen atoms in total. The van der Waals surface area contributed by atoms with E-state index >= 15 is 0 Å². The lowest BCUT2D eigenvalue weighted by molar-refractivity contribution is -0.138. The largest absolute Gasteiger partial charge is 0.481 e. The summed E-state index contributed by atoms with van der Waals surface area (Å²) in [4.78, 5) is 32.7. The predicted octanol–water partition coefficient (Wildman–Crippen LogP) is -0.144. The molecule has 0 unspecified atom stereocenters. The van der Waals surface area contributed by atoms with Crippen LogP contribution in [0.4, 0.5) is 4.79 Å². The van der Waals surface area contributed by atoms with Gasteiger partial charge in [-0.3, -0.25) is 14.9 Å². The van der Waals surface area contributed by atoms with Gasteiger partial charge in [0, 0.05) is 25.7 Å². The third-order valence-electron chi connectivity index (χ3n) is 2.38. The van der Waals surface area contributed by atoms with Gasteiger partial charge in [0.2, 0.25) is 5.91 Å². The van der Waals surface area contributed by atoms with E-state index in [-0.39, 0.29) is 18.9 Å². The lowest BCUT2D eigenvalue weighted by Crippen LogP contribution is -2.46. The molecule has 0 spiro atoms. The molecular formula is C10H16N2O5. The molecule has 0 atom stereocenters. The van der Waals surface area contributed by atoms with E-state index in [9.17, 15) is 14.4 Å². The van der Waals surface area contributed by atoms with Gasteiger partial charge < -0.3 is 15.2 Å². The minimum atomic E-state index is -1.06. The molecule has 1 aliphatic rings. The number of imide groups is 1. The topological polar surface area (TPSA) is 105 Å². The highest BCUT2D eigenvalue weighted by Gasteiger charge is 2.17. The van der Waals surface area contributed by atoms with Crippen molar-refractivity contribution in [1.29, 1.82) is 0 Å². The van der Waals surface area contributed by atoms with Gasteiger partial charge >= 0.3 is 12.0 Å². The number of ether oxygens (including phenoxy) is 1.